The second-order valence-corrected chi connectivity index (χ2v) is 5.86. The van der Waals surface area contributed by atoms with Crippen molar-refractivity contribution in [3.8, 4) is 0 Å². The van der Waals surface area contributed by atoms with E-state index < -0.39 is 0 Å². The standard InChI is InChI=1S/C14H26N2O/c1-11-4-2-6-13(8-7-11)16-14(17)12-5-3-9-15-10-12/h11-13,15H,2-10H2,1H3,(H,16,17)/t11?,12-,13?/m1/s1. The molecule has 0 bridgehead atoms. The third-order valence-electron chi connectivity index (χ3n) is 4.27. The maximum absolute atomic E-state index is 12.1. The second-order valence-electron chi connectivity index (χ2n) is 5.86. The van der Waals surface area contributed by atoms with Crippen molar-refractivity contribution < 1.29 is 4.79 Å². The molecule has 1 saturated heterocycles. The molecular formula is C14H26N2O. The van der Waals surface area contributed by atoms with Crippen LogP contribution in [-0.2, 0) is 4.79 Å². The molecule has 1 aliphatic heterocycles. The third kappa shape index (κ3) is 3.98. The molecule has 0 aromatic carbocycles. The summed E-state index contributed by atoms with van der Waals surface area (Å²) in [6.45, 7) is 4.27. The molecule has 3 atom stereocenters. The molecule has 98 valence electrons. The number of nitrogens with one attached hydrogen (secondary N) is 2. The Kier molecular flexibility index (Phi) is 4.84. The summed E-state index contributed by atoms with van der Waals surface area (Å²) in [4.78, 5) is 12.1. The maximum atomic E-state index is 12.1. The summed E-state index contributed by atoms with van der Waals surface area (Å²) >= 11 is 0. The molecule has 1 amide bonds. The lowest BCUT2D eigenvalue weighted by Gasteiger charge is -2.25. The van der Waals surface area contributed by atoms with E-state index in [1.54, 1.807) is 0 Å². The van der Waals surface area contributed by atoms with Crippen molar-refractivity contribution in [2.45, 2.75) is 57.9 Å². The smallest absolute Gasteiger partial charge is 0.224 e. The van der Waals surface area contributed by atoms with Crippen LogP contribution in [0, 0.1) is 11.8 Å². The van der Waals surface area contributed by atoms with Crippen LogP contribution >= 0.6 is 0 Å². The first-order valence-corrected chi connectivity index (χ1v) is 7.27. The van der Waals surface area contributed by atoms with Gasteiger partial charge in [-0.25, -0.2) is 0 Å². The average molecular weight is 238 g/mol. The van der Waals surface area contributed by atoms with Gasteiger partial charge in [0, 0.05) is 12.6 Å². The van der Waals surface area contributed by atoms with E-state index in [2.05, 4.69) is 17.6 Å². The van der Waals surface area contributed by atoms with E-state index in [-0.39, 0.29) is 11.8 Å². The van der Waals surface area contributed by atoms with Gasteiger partial charge in [0.05, 0.1) is 5.92 Å². The highest BCUT2D eigenvalue weighted by molar-refractivity contribution is 5.79. The minimum absolute atomic E-state index is 0.212. The zero-order valence-electron chi connectivity index (χ0n) is 11.0. The van der Waals surface area contributed by atoms with E-state index in [9.17, 15) is 4.79 Å². The van der Waals surface area contributed by atoms with Crippen LogP contribution in [0.3, 0.4) is 0 Å². The fourth-order valence-electron chi connectivity index (χ4n) is 3.03. The Balaban J connectivity index is 1.76. The van der Waals surface area contributed by atoms with Crippen molar-refractivity contribution in [2.24, 2.45) is 11.8 Å². The molecule has 2 N–H and O–H groups in total. The molecule has 1 aliphatic carbocycles. The number of hydrogen-bond donors (Lipinski definition) is 2. The molecule has 0 aromatic heterocycles. The number of rotatable bonds is 2. The summed E-state index contributed by atoms with van der Waals surface area (Å²) in [6, 6.07) is 0.439. The first-order valence-electron chi connectivity index (χ1n) is 7.27. The van der Waals surface area contributed by atoms with Gasteiger partial charge in [-0.1, -0.05) is 19.8 Å². The van der Waals surface area contributed by atoms with Gasteiger partial charge in [0.1, 0.15) is 0 Å². The van der Waals surface area contributed by atoms with E-state index in [4.69, 9.17) is 0 Å². The van der Waals surface area contributed by atoms with Crippen LogP contribution < -0.4 is 10.6 Å². The Morgan fingerprint density at radius 2 is 2.00 bits per heavy atom. The SMILES string of the molecule is CC1CCCC(NC(=O)[C@@H]2CCCNC2)CC1. The molecule has 1 heterocycles. The van der Waals surface area contributed by atoms with Gasteiger partial charge in [-0.2, -0.15) is 0 Å². The average Bonchev–Trinajstić information content (AvgIpc) is 2.56. The van der Waals surface area contributed by atoms with Gasteiger partial charge in [0.2, 0.25) is 5.91 Å². The van der Waals surface area contributed by atoms with Crippen LogP contribution in [0.2, 0.25) is 0 Å². The van der Waals surface area contributed by atoms with Gasteiger partial charge in [0.15, 0.2) is 0 Å². The maximum Gasteiger partial charge on any atom is 0.224 e. The van der Waals surface area contributed by atoms with Crippen LogP contribution in [0.25, 0.3) is 0 Å². The zero-order chi connectivity index (χ0) is 12.1. The highest BCUT2D eigenvalue weighted by Crippen LogP contribution is 2.23. The van der Waals surface area contributed by atoms with Crippen molar-refractivity contribution in [1.29, 1.82) is 0 Å². The number of carbonyl (C=O) groups is 1. The zero-order valence-corrected chi connectivity index (χ0v) is 11.0. The highest BCUT2D eigenvalue weighted by atomic mass is 16.2. The van der Waals surface area contributed by atoms with E-state index in [0.29, 0.717) is 6.04 Å². The molecule has 17 heavy (non-hydrogen) atoms. The topological polar surface area (TPSA) is 41.1 Å². The molecular weight excluding hydrogens is 212 g/mol. The molecule has 1 saturated carbocycles. The number of carbonyl (C=O) groups excluding carboxylic acids is 1. The number of hydrogen-bond acceptors (Lipinski definition) is 2. The van der Waals surface area contributed by atoms with E-state index >= 15 is 0 Å². The first-order chi connectivity index (χ1) is 8.25. The summed E-state index contributed by atoms with van der Waals surface area (Å²) in [5.41, 5.74) is 0. The summed E-state index contributed by atoms with van der Waals surface area (Å²) in [5, 5.41) is 6.58. The highest BCUT2D eigenvalue weighted by Gasteiger charge is 2.24. The summed E-state index contributed by atoms with van der Waals surface area (Å²) in [6.07, 6.45) is 8.42. The molecule has 3 heteroatoms. The van der Waals surface area contributed by atoms with Gasteiger partial charge in [0.25, 0.3) is 0 Å². The van der Waals surface area contributed by atoms with Gasteiger partial charge in [-0.05, 0) is 44.6 Å². The minimum atomic E-state index is 0.212. The largest absolute Gasteiger partial charge is 0.353 e. The van der Waals surface area contributed by atoms with E-state index in [1.807, 2.05) is 0 Å². The van der Waals surface area contributed by atoms with Gasteiger partial charge in [-0.15, -0.1) is 0 Å². The molecule has 0 aromatic rings. The van der Waals surface area contributed by atoms with Gasteiger partial charge in [-0.3, -0.25) is 4.79 Å². The Morgan fingerprint density at radius 3 is 2.76 bits per heavy atom. The Morgan fingerprint density at radius 1 is 1.12 bits per heavy atom. The molecule has 2 aliphatic rings. The Bertz CT molecular complexity index is 249. The lowest BCUT2D eigenvalue weighted by Crippen LogP contribution is -2.44. The molecule has 0 radical (unpaired) electrons. The van der Waals surface area contributed by atoms with Crippen LogP contribution in [0.1, 0.15) is 51.9 Å². The number of piperidine rings is 1. The molecule has 0 spiro atoms. The second kappa shape index (κ2) is 6.39. The Hall–Kier alpha value is -0.570. The quantitative estimate of drug-likeness (QED) is 0.723. The summed E-state index contributed by atoms with van der Waals surface area (Å²) < 4.78 is 0. The molecule has 3 nitrogen and oxygen atoms in total. The lowest BCUT2D eigenvalue weighted by atomic mass is 9.97. The van der Waals surface area contributed by atoms with Crippen molar-refractivity contribution >= 4 is 5.91 Å². The number of amides is 1. The van der Waals surface area contributed by atoms with Crippen LogP contribution in [-0.4, -0.2) is 25.0 Å². The third-order valence-corrected chi connectivity index (χ3v) is 4.27. The first kappa shape index (κ1) is 12.9. The lowest BCUT2D eigenvalue weighted by molar-refractivity contribution is -0.126. The molecule has 2 rings (SSSR count). The molecule has 2 unspecified atom stereocenters. The van der Waals surface area contributed by atoms with Crippen LogP contribution in [0.15, 0.2) is 0 Å². The minimum Gasteiger partial charge on any atom is -0.353 e. The van der Waals surface area contributed by atoms with Gasteiger partial charge >= 0.3 is 0 Å². The van der Waals surface area contributed by atoms with Gasteiger partial charge < -0.3 is 10.6 Å². The van der Waals surface area contributed by atoms with Crippen LogP contribution in [0.5, 0.6) is 0 Å². The Labute approximate surface area is 105 Å². The van der Waals surface area contributed by atoms with Crippen LogP contribution in [0.4, 0.5) is 0 Å². The monoisotopic (exact) mass is 238 g/mol. The van der Waals surface area contributed by atoms with Crippen molar-refractivity contribution in [3.63, 3.8) is 0 Å². The normalized spacial score (nSPS) is 35.0. The predicted octanol–water partition coefficient (Wildman–Crippen LogP) is 2.07. The summed E-state index contributed by atoms with van der Waals surface area (Å²) in [7, 11) is 0. The van der Waals surface area contributed by atoms with Crippen molar-refractivity contribution in [2.75, 3.05) is 13.1 Å². The fourth-order valence-corrected chi connectivity index (χ4v) is 3.03. The summed E-state index contributed by atoms with van der Waals surface area (Å²) in [5.74, 6) is 1.34. The predicted molar refractivity (Wildman–Crippen MR) is 69.8 cm³/mol. The van der Waals surface area contributed by atoms with E-state index in [0.717, 1.165) is 31.8 Å². The van der Waals surface area contributed by atoms with Crippen molar-refractivity contribution in [3.05, 3.63) is 0 Å². The fraction of sp³-hybridized carbons (Fsp3) is 0.929. The van der Waals surface area contributed by atoms with Crippen molar-refractivity contribution in [1.82, 2.24) is 10.6 Å². The molecule has 2 fully saturated rings. The van der Waals surface area contributed by atoms with E-state index in [1.165, 1.54) is 32.1 Å².